The monoisotopic (exact) mass is 244 g/mol. The standard InChI is InChI=1S/C12H24N2O3/c1-5-13-8-10-9-14(6-7-16-10)11(15)17-12(2,3)4/h10,13H,5-9H2,1-4H3. The van der Waals surface area contributed by atoms with Crippen LogP contribution in [-0.2, 0) is 9.47 Å². The van der Waals surface area contributed by atoms with Crippen LogP contribution in [0.4, 0.5) is 4.79 Å². The van der Waals surface area contributed by atoms with Crippen molar-refractivity contribution in [2.24, 2.45) is 0 Å². The van der Waals surface area contributed by atoms with Gasteiger partial charge < -0.3 is 19.7 Å². The fourth-order valence-corrected chi connectivity index (χ4v) is 1.64. The van der Waals surface area contributed by atoms with E-state index in [1.807, 2.05) is 20.8 Å². The van der Waals surface area contributed by atoms with E-state index in [4.69, 9.17) is 9.47 Å². The Bertz CT molecular complexity index is 251. The Balaban J connectivity index is 2.40. The van der Waals surface area contributed by atoms with E-state index in [9.17, 15) is 4.79 Å². The Labute approximate surface area is 103 Å². The maximum Gasteiger partial charge on any atom is 0.410 e. The zero-order chi connectivity index (χ0) is 12.9. The number of likely N-dealkylation sites (N-methyl/N-ethyl adjacent to an activating group) is 1. The molecule has 1 aliphatic heterocycles. The Kier molecular flexibility index (Phi) is 5.21. The second-order valence-corrected chi connectivity index (χ2v) is 5.23. The second-order valence-electron chi connectivity index (χ2n) is 5.23. The minimum Gasteiger partial charge on any atom is -0.444 e. The molecular formula is C12H24N2O3. The Morgan fingerprint density at radius 2 is 2.24 bits per heavy atom. The van der Waals surface area contributed by atoms with Crippen LogP contribution in [0.3, 0.4) is 0 Å². The van der Waals surface area contributed by atoms with Crippen molar-refractivity contribution in [1.29, 1.82) is 0 Å². The lowest BCUT2D eigenvalue weighted by Crippen LogP contribution is -2.50. The number of rotatable bonds is 3. The van der Waals surface area contributed by atoms with Crippen molar-refractivity contribution in [3.05, 3.63) is 0 Å². The van der Waals surface area contributed by atoms with Crippen LogP contribution >= 0.6 is 0 Å². The molecule has 17 heavy (non-hydrogen) atoms. The van der Waals surface area contributed by atoms with Crippen molar-refractivity contribution in [1.82, 2.24) is 10.2 Å². The molecule has 5 nitrogen and oxygen atoms in total. The fourth-order valence-electron chi connectivity index (χ4n) is 1.64. The lowest BCUT2D eigenvalue weighted by molar-refractivity contribution is -0.0408. The van der Waals surface area contributed by atoms with E-state index in [1.54, 1.807) is 4.90 Å². The molecule has 0 aromatic heterocycles. The van der Waals surface area contributed by atoms with Gasteiger partial charge in [0.2, 0.25) is 0 Å². The number of ether oxygens (including phenoxy) is 2. The first-order chi connectivity index (χ1) is 7.92. The molecule has 0 radical (unpaired) electrons. The van der Waals surface area contributed by atoms with Crippen molar-refractivity contribution in [3.63, 3.8) is 0 Å². The van der Waals surface area contributed by atoms with E-state index < -0.39 is 5.60 Å². The number of amides is 1. The molecule has 0 aromatic carbocycles. The Morgan fingerprint density at radius 1 is 1.53 bits per heavy atom. The van der Waals surface area contributed by atoms with Gasteiger partial charge in [0.15, 0.2) is 0 Å². The van der Waals surface area contributed by atoms with Crippen molar-refractivity contribution in [3.8, 4) is 0 Å². The number of carbonyl (C=O) groups excluding carboxylic acids is 1. The molecule has 100 valence electrons. The molecule has 1 saturated heterocycles. The van der Waals surface area contributed by atoms with Gasteiger partial charge in [-0.3, -0.25) is 0 Å². The van der Waals surface area contributed by atoms with Gasteiger partial charge in [-0.15, -0.1) is 0 Å². The highest BCUT2D eigenvalue weighted by Gasteiger charge is 2.27. The number of nitrogens with zero attached hydrogens (tertiary/aromatic N) is 1. The molecule has 5 heteroatoms. The quantitative estimate of drug-likeness (QED) is 0.811. The predicted molar refractivity (Wildman–Crippen MR) is 66.1 cm³/mol. The summed E-state index contributed by atoms with van der Waals surface area (Å²) < 4.78 is 10.9. The second kappa shape index (κ2) is 6.21. The van der Waals surface area contributed by atoms with Crippen LogP contribution in [-0.4, -0.2) is 55.5 Å². The molecule has 0 spiro atoms. The Morgan fingerprint density at radius 3 is 2.82 bits per heavy atom. The van der Waals surface area contributed by atoms with Crippen molar-refractivity contribution in [2.75, 3.05) is 32.8 Å². The number of hydrogen-bond donors (Lipinski definition) is 1. The summed E-state index contributed by atoms with van der Waals surface area (Å²) in [5.74, 6) is 0. The fraction of sp³-hybridized carbons (Fsp3) is 0.917. The van der Waals surface area contributed by atoms with E-state index in [-0.39, 0.29) is 12.2 Å². The summed E-state index contributed by atoms with van der Waals surface area (Å²) in [4.78, 5) is 13.6. The van der Waals surface area contributed by atoms with Crippen LogP contribution in [0.2, 0.25) is 0 Å². The summed E-state index contributed by atoms with van der Waals surface area (Å²) in [6, 6.07) is 0. The molecule has 1 aliphatic rings. The minimum absolute atomic E-state index is 0.0659. The highest BCUT2D eigenvalue weighted by atomic mass is 16.6. The van der Waals surface area contributed by atoms with E-state index in [0.717, 1.165) is 13.1 Å². The van der Waals surface area contributed by atoms with Gasteiger partial charge in [0, 0.05) is 13.1 Å². The van der Waals surface area contributed by atoms with Gasteiger partial charge in [-0.2, -0.15) is 0 Å². The maximum atomic E-state index is 11.9. The average Bonchev–Trinajstić information content (AvgIpc) is 2.24. The molecular weight excluding hydrogens is 220 g/mol. The van der Waals surface area contributed by atoms with Gasteiger partial charge in [-0.1, -0.05) is 6.92 Å². The van der Waals surface area contributed by atoms with Gasteiger partial charge in [0.25, 0.3) is 0 Å². The molecule has 0 bridgehead atoms. The van der Waals surface area contributed by atoms with Crippen LogP contribution in [0.1, 0.15) is 27.7 Å². The molecule has 1 unspecified atom stereocenters. The molecule has 1 N–H and O–H groups in total. The molecule has 1 rings (SSSR count). The van der Waals surface area contributed by atoms with E-state index in [0.29, 0.717) is 19.7 Å². The first-order valence-electron chi connectivity index (χ1n) is 6.22. The van der Waals surface area contributed by atoms with Gasteiger partial charge in [-0.25, -0.2) is 4.79 Å². The summed E-state index contributed by atoms with van der Waals surface area (Å²) in [6.45, 7) is 11.1. The van der Waals surface area contributed by atoms with Crippen molar-refractivity contribution >= 4 is 6.09 Å². The summed E-state index contributed by atoms with van der Waals surface area (Å²) in [7, 11) is 0. The smallest absolute Gasteiger partial charge is 0.410 e. The van der Waals surface area contributed by atoms with Crippen molar-refractivity contribution in [2.45, 2.75) is 39.4 Å². The number of morpholine rings is 1. The normalized spacial score (nSPS) is 21.4. The molecule has 1 heterocycles. The van der Waals surface area contributed by atoms with Crippen LogP contribution in [0.15, 0.2) is 0 Å². The topological polar surface area (TPSA) is 50.8 Å². The maximum absolute atomic E-state index is 11.9. The summed E-state index contributed by atoms with van der Waals surface area (Å²) in [5.41, 5.74) is -0.438. The third kappa shape index (κ3) is 5.37. The van der Waals surface area contributed by atoms with Crippen molar-refractivity contribution < 1.29 is 14.3 Å². The first kappa shape index (κ1) is 14.3. The zero-order valence-corrected chi connectivity index (χ0v) is 11.3. The van der Waals surface area contributed by atoms with Gasteiger partial charge in [-0.05, 0) is 27.3 Å². The summed E-state index contributed by atoms with van der Waals surface area (Å²) in [5, 5.41) is 3.22. The third-order valence-corrected chi connectivity index (χ3v) is 2.41. The lowest BCUT2D eigenvalue weighted by Gasteiger charge is -2.34. The van der Waals surface area contributed by atoms with Gasteiger partial charge in [0.1, 0.15) is 5.60 Å². The molecule has 0 aliphatic carbocycles. The molecule has 0 saturated carbocycles. The van der Waals surface area contributed by atoms with Crippen LogP contribution in [0, 0.1) is 0 Å². The summed E-state index contributed by atoms with van der Waals surface area (Å²) >= 11 is 0. The van der Waals surface area contributed by atoms with Gasteiger partial charge >= 0.3 is 6.09 Å². The Hall–Kier alpha value is -0.810. The predicted octanol–water partition coefficient (Wildman–Crippen LogP) is 1.23. The highest BCUT2D eigenvalue weighted by molar-refractivity contribution is 5.68. The SMILES string of the molecule is CCNCC1CN(C(=O)OC(C)(C)C)CCO1. The van der Waals surface area contributed by atoms with E-state index >= 15 is 0 Å². The third-order valence-electron chi connectivity index (χ3n) is 2.41. The largest absolute Gasteiger partial charge is 0.444 e. The zero-order valence-electron chi connectivity index (χ0n) is 11.3. The van der Waals surface area contributed by atoms with E-state index in [2.05, 4.69) is 12.2 Å². The number of hydrogen-bond acceptors (Lipinski definition) is 4. The average molecular weight is 244 g/mol. The number of carbonyl (C=O) groups is 1. The molecule has 1 atom stereocenters. The summed E-state index contributed by atoms with van der Waals surface area (Å²) in [6.07, 6.45) is -0.182. The van der Waals surface area contributed by atoms with E-state index in [1.165, 1.54) is 0 Å². The lowest BCUT2D eigenvalue weighted by atomic mass is 10.2. The highest BCUT2D eigenvalue weighted by Crippen LogP contribution is 2.12. The van der Waals surface area contributed by atoms with Crippen LogP contribution in [0.5, 0.6) is 0 Å². The molecule has 1 amide bonds. The minimum atomic E-state index is -0.438. The van der Waals surface area contributed by atoms with Crippen LogP contribution in [0.25, 0.3) is 0 Å². The molecule has 1 fully saturated rings. The number of nitrogens with one attached hydrogen (secondary N) is 1. The van der Waals surface area contributed by atoms with Crippen LogP contribution < -0.4 is 5.32 Å². The molecule has 0 aromatic rings. The van der Waals surface area contributed by atoms with Gasteiger partial charge in [0.05, 0.1) is 19.3 Å². The first-order valence-corrected chi connectivity index (χ1v) is 6.22.